The van der Waals surface area contributed by atoms with Gasteiger partial charge in [0.2, 0.25) is 0 Å². The van der Waals surface area contributed by atoms with Crippen LogP contribution in [-0.2, 0) is 4.79 Å². The molecule has 2 aromatic rings. The van der Waals surface area contributed by atoms with E-state index in [1.165, 1.54) is 36.4 Å². The monoisotopic (exact) mass is 318 g/mol. The molecule has 2 amide bonds. The van der Waals surface area contributed by atoms with Crippen LogP contribution in [0.1, 0.15) is 15.9 Å². The molecule has 4 nitrogen and oxygen atoms in total. The Balaban J connectivity index is 1.89. The van der Waals surface area contributed by atoms with E-state index < -0.39 is 17.6 Å². The molecular weight excluding hydrogens is 307 g/mol. The highest BCUT2D eigenvalue weighted by Gasteiger charge is 2.06. The van der Waals surface area contributed by atoms with Crippen molar-refractivity contribution >= 4 is 29.5 Å². The lowest BCUT2D eigenvalue weighted by molar-refractivity contribution is -0.117. The third-order valence-corrected chi connectivity index (χ3v) is 2.90. The highest BCUT2D eigenvalue weighted by Crippen LogP contribution is 2.10. The van der Waals surface area contributed by atoms with E-state index in [-0.39, 0.29) is 0 Å². The number of amides is 2. The van der Waals surface area contributed by atoms with E-state index in [1.54, 1.807) is 24.3 Å². The highest BCUT2D eigenvalue weighted by atomic mass is 35.5. The van der Waals surface area contributed by atoms with E-state index in [0.717, 1.165) is 0 Å². The number of rotatable bonds is 3. The van der Waals surface area contributed by atoms with Crippen LogP contribution in [0.15, 0.2) is 54.6 Å². The van der Waals surface area contributed by atoms with Gasteiger partial charge in [0.05, 0.1) is 0 Å². The molecule has 0 saturated carbocycles. The van der Waals surface area contributed by atoms with Gasteiger partial charge in [-0.3, -0.25) is 20.4 Å². The first kappa shape index (κ1) is 15.7. The number of nitrogens with one attached hydrogen (secondary N) is 2. The van der Waals surface area contributed by atoms with Gasteiger partial charge in [0.15, 0.2) is 0 Å². The second kappa shape index (κ2) is 7.38. The van der Waals surface area contributed by atoms with Crippen molar-refractivity contribution in [3.05, 3.63) is 76.6 Å². The van der Waals surface area contributed by atoms with Crippen LogP contribution >= 0.6 is 11.6 Å². The fraction of sp³-hybridized carbons (Fsp3) is 0. The number of halogens is 2. The number of benzene rings is 2. The Morgan fingerprint density at radius 1 is 1.05 bits per heavy atom. The van der Waals surface area contributed by atoms with Crippen molar-refractivity contribution in [3.63, 3.8) is 0 Å². The number of hydrazine groups is 1. The average Bonchev–Trinajstić information content (AvgIpc) is 2.50. The summed E-state index contributed by atoms with van der Waals surface area (Å²) in [7, 11) is 0. The maximum Gasteiger partial charge on any atom is 0.269 e. The molecule has 0 bridgehead atoms. The Hall–Kier alpha value is -2.66. The van der Waals surface area contributed by atoms with Gasteiger partial charge in [-0.2, -0.15) is 0 Å². The Morgan fingerprint density at radius 3 is 2.55 bits per heavy atom. The predicted molar refractivity (Wildman–Crippen MR) is 82.5 cm³/mol. The lowest BCUT2D eigenvalue weighted by Gasteiger charge is -2.05. The first-order valence-corrected chi connectivity index (χ1v) is 6.72. The molecule has 22 heavy (non-hydrogen) atoms. The lowest BCUT2D eigenvalue weighted by atomic mass is 10.2. The molecule has 2 aromatic carbocycles. The topological polar surface area (TPSA) is 58.2 Å². The summed E-state index contributed by atoms with van der Waals surface area (Å²) >= 11 is 5.77. The highest BCUT2D eigenvalue weighted by molar-refractivity contribution is 6.30. The standard InChI is InChI=1S/C16H12ClFN2O2/c17-13-5-2-4-12(10-13)16(22)20-19-15(21)8-7-11-3-1-6-14(18)9-11/h1-10H,(H,19,21)(H,20,22)/b8-7+. The van der Waals surface area contributed by atoms with Crippen LogP contribution in [-0.4, -0.2) is 11.8 Å². The molecule has 0 fully saturated rings. The average molecular weight is 319 g/mol. The van der Waals surface area contributed by atoms with Gasteiger partial charge < -0.3 is 0 Å². The molecule has 0 aliphatic rings. The summed E-state index contributed by atoms with van der Waals surface area (Å²) in [6, 6.07) is 12.1. The normalized spacial score (nSPS) is 10.5. The van der Waals surface area contributed by atoms with Crippen LogP contribution in [0.5, 0.6) is 0 Å². The van der Waals surface area contributed by atoms with E-state index >= 15 is 0 Å². The summed E-state index contributed by atoms with van der Waals surface area (Å²) in [5, 5.41) is 0.421. The zero-order valence-corrected chi connectivity index (χ0v) is 12.1. The minimum Gasteiger partial charge on any atom is -0.268 e. The molecule has 112 valence electrons. The van der Waals surface area contributed by atoms with Gasteiger partial charge in [0.1, 0.15) is 5.82 Å². The first-order valence-electron chi connectivity index (χ1n) is 6.34. The second-order valence-corrected chi connectivity index (χ2v) is 4.78. The third-order valence-electron chi connectivity index (χ3n) is 2.66. The molecule has 6 heteroatoms. The van der Waals surface area contributed by atoms with E-state index in [4.69, 9.17) is 11.6 Å². The van der Waals surface area contributed by atoms with Crippen molar-refractivity contribution in [2.24, 2.45) is 0 Å². The van der Waals surface area contributed by atoms with Gasteiger partial charge in [-0.15, -0.1) is 0 Å². The van der Waals surface area contributed by atoms with Crippen molar-refractivity contribution in [3.8, 4) is 0 Å². The second-order valence-electron chi connectivity index (χ2n) is 4.34. The summed E-state index contributed by atoms with van der Waals surface area (Å²) in [4.78, 5) is 23.3. The maximum atomic E-state index is 13.0. The number of carbonyl (C=O) groups is 2. The zero-order valence-electron chi connectivity index (χ0n) is 11.3. The van der Waals surface area contributed by atoms with Crippen molar-refractivity contribution in [1.82, 2.24) is 10.9 Å². The molecule has 0 saturated heterocycles. The quantitative estimate of drug-likeness (QED) is 0.675. The van der Waals surface area contributed by atoms with Crippen molar-refractivity contribution in [2.45, 2.75) is 0 Å². The minimum atomic E-state index is -0.542. The Labute approximate surface area is 131 Å². The molecule has 0 spiro atoms. The van der Waals surface area contributed by atoms with Crippen LogP contribution in [0.25, 0.3) is 6.08 Å². The van der Waals surface area contributed by atoms with Crippen molar-refractivity contribution in [2.75, 3.05) is 0 Å². The third kappa shape index (κ3) is 4.71. The molecule has 0 radical (unpaired) electrons. The predicted octanol–water partition coefficient (Wildman–Crippen LogP) is 2.95. The Bertz CT molecular complexity index is 732. The van der Waals surface area contributed by atoms with Crippen LogP contribution in [0.2, 0.25) is 5.02 Å². The SMILES string of the molecule is O=C(/C=C/c1cccc(F)c1)NNC(=O)c1cccc(Cl)c1. The largest absolute Gasteiger partial charge is 0.269 e. The van der Waals surface area contributed by atoms with E-state index in [1.807, 2.05) is 0 Å². The zero-order chi connectivity index (χ0) is 15.9. The van der Waals surface area contributed by atoms with Crippen molar-refractivity contribution < 1.29 is 14.0 Å². The molecule has 0 atom stereocenters. The van der Waals surface area contributed by atoms with Gasteiger partial charge in [0, 0.05) is 16.7 Å². The van der Waals surface area contributed by atoms with E-state index in [9.17, 15) is 14.0 Å². The fourth-order valence-electron chi connectivity index (χ4n) is 1.64. The number of carbonyl (C=O) groups excluding carboxylic acids is 2. The van der Waals surface area contributed by atoms with E-state index in [0.29, 0.717) is 16.1 Å². The smallest absolute Gasteiger partial charge is 0.268 e. The Morgan fingerprint density at radius 2 is 1.82 bits per heavy atom. The van der Waals surface area contributed by atoms with Crippen LogP contribution < -0.4 is 10.9 Å². The summed E-state index contributed by atoms with van der Waals surface area (Å²) in [6.07, 6.45) is 2.62. The van der Waals surface area contributed by atoms with E-state index in [2.05, 4.69) is 10.9 Å². The van der Waals surface area contributed by atoms with Gasteiger partial charge in [-0.05, 0) is 42.0 Å². The molecule has 0 aliphatic carbocycles. The first-order chi connectivity index (χ1) is 10.5. The summed E-state index contributed by atoms with van der Waals surface area (Å²) in [6.45, 7) is 0. The lowest BCUT2D eigenvalue weighted by Crippen LogP contribution is -2.40. The van der Waals surface area contributed by atoms with Crippen LogP contribution in [0.3, 0.4) is 0 Å². The van der Waals surface area contributed by atoms with Crippen LogP contribution in [0.4, 0.5) is 4.39 Å². The van der Waals surface area contributed by atoms with Crippen LogP contribution in [0, 0.1) is 5.82 Å². The Kier molecular flexibility index (Phi) is 5.27. The number of hydrogen-bond donors (Lipinski definition) is 2. The summed E-state index contributed by atoms with van der Waals surface area (Å²) < 4.78 is 13.0. The number of hydrogen-bond acceptors (Lipinski definition) is 2. The minimum absolute atomic E-state index is 0.321. The molecule has 2 rings (SSSR count). The molecule has 0 aliphatic heterocycles. The molecule has 0 aromatic heterocycles. The molecule has 0 heterocycles. The summed E-state index contributed by atoms with van der Waals surface area (Å²) in [5.41, 5.74) is 5.33. The van der Waals surface area contributed by atoms with Gasteiger partial charge in [-0.1, -0.05) is 29.8 Å². The molecule has 0 unspecified atom stereocenters. The molecular formula is C16H12ClFN2O2. The van der Waals surface area contributed by atoms with Gasteiger partial charge in [0.25, 0.3) is 11.8 Å². The summed E-state index contributed by atoms with van der Waals surface area (Å²) in [5.74, 6) is -1.42. The van der Waals surface area contributed by atoms with Gasteiger partial charge >= 0.3 is 0 Å². The fourth-order valence-corrected chi connectivity index (χ4v) is 1.83. The maximum absolute atomic E-state index is 13.0. The van der Waals surface area contributed by atoms with Crippen molar-refractivity contribution in [1.29, 1.82) is 0 Å². The van der Waals surface area contributed by atoms with Gasteiger partial charge in [-0.25, -0.2) is 4.39 Å². The molecule has 2 N–H and O–H groups in total.